The Labute approximate surface area is 130 Å². The Kier molecular flexibility index (Phi) is 4.36. The monoisotopic (exact) mass is 329 g/mol. The standard InChI is InChI=1S/C15H15F4N3O/c16-11-7-10(8-21-14(11)12-9-20-4-6-23-12)22-5-2-1-3-13(22)15(17,18)19/h1-3,5,7-8,12-13,20H,4,6,9H2. The van der Waals surface area contributed by atoms with Crippen LogP contribution in [0.4, 0.5) is 23.2 Å². The molecule has 8 heteroatoms. The summed E-state index contributed by atoms with van der Waals surface area (Å²) in [6.07, 6.45) is 1.28. The van der Waals surface area contributed by atoms with Gasteiger partial charge >= 0.3 is 6.18 Å². The highest BCUT2D eigenvalue weighted by atomic mass is 19.4. The quantitative estimate of drug-likeness (QED) is 0.847. The van der Waals surface area contributed by atoms with Crippen LogP contribution >= 0.6 is 0 Å². The van der Waals surface area contributed by atoms with Gasteiger partial charge in [0.2, 0.25) is 0 Å². The van der Waals surface area contributed by atoms with Crippen molar-refractivity contribution in [2.75, 3.05) is 24.6 Å². The summed E-state index contributed by atoms with van der Waals surface area (Å²) in [7, 11) is 0. The van der Waals surface area contributed by atoms with Gasteiger partial charge in [-0.15, -0.1) is 0 Å². The molecule has 2 atom stereocenters. The molecule has 1 fully saturated rings. The molecule has 1 aromatic rings. The number of nitrogens with one attached hydrogen (secondary N) is 1. The summed E-state index contributed by atoms with van der Waals surface area (Å²) in [5.41, 5.74) is 0.138. The molecule has 0 amide bonds. The van der Waals surface area contributed by atoms with Crippen LogP contribution in [-0.4, -0.2) is 36.9 Å². The van der Waals surface area contributed by atoms with E-state index in [0.29, 0.717) is 19.7 Å². The third kappa shape index (κ3) is 3.37. The summed E-state index contributed by atoms with van der Waals surface area (Å²) >= 11 is 0. The average molecular weight is 329 g/mol. The number of alkyl halides is 3. The fourth-order valence-electron chi connectivity index (χ4n) is 2.57. The van der Waals surface area contributed by atoms with E-state index in [1.54, 1.807) is 0 Å². The Bertz CT molecular complexity index is 624. The maximum atomic E-state index is 14.3. The van der Waals surface area contributed by atoms with Gasteiger partial charge in [0.25, 0.3) is 0 Å². The number of morpholine rings is 1. The van der Waals surface area contributed by atoms with E-state index in [9.17, 15) is 17.6 Å². The first-order chi connectivity index (χ1) is 11.0. The van der Waals surface area contributed by atoms with Crippen LogP contribution in [0.5, 0.6) is 0 Å². The maximum absolute atomic E-state index is 14.3. The molecule has 0 spiro atoms. The lowest BCUT2D eigenvalue weighted by molar-refractivity contribution is -0.136. The minimum Gasteiger partial charge on any atom is -0.369 e. The molecule has 2 aliphatic rings. The fourth-order valence-corrected chi connectivity index (χ4v) is 2.57. The largest absolute Gasteiger partial charge is 0.412 e. The molecule has 1 N–H and O–H groups in total. The molecule has 23 heavy (non-hydrogen) atoms. The summed E-state index contributed by atoms with van der Waals surface area (Å²) in [5, 5.41) is 3.05. The van der Waals surface area contributed by atoms with Crippen LogP contribution in [0.25, 0.3) is 0 Å². The highest BCUT2D eigenvalue weighted by Crippen LogP contribution is 2.32. The van der Waals surface area contributed by atoms with Crippen molar-refractivity contribution < 1.29 is 22.3 Å². The van der Waals surface area contributed by atoms with Crippen molar-refractivity contribution in [2.24, 2.45) is 0 Å². The second-order valence-electron chi connectivity index (χ2n) is 5.24. The number of pyridine rings is 1. The van der Waals surface area contributed by atoms with Gasteiger partial charge < -0.3 is 15.0 Å². The number of allylic oxidation sites excluding steroid dienone is 2. The van der Waals surface area contributed by atoms with Gasteiger partial charge in [0, 0.05) is 25.4 Å². The van der Waals surface area contributed by atoms with E-state index in [4.69, 9.17) is 4.74 Å². The summed E-state index contributed by atoms with van der Waals surface area (Å²) in [6, 6.07) is -0.783. The number of nitrogens with zero attached hydrogens (tertiary/aromatic N) is 2. The van der Waals surface area contributed by atoms with Gasteiger partial charge in [-0.1, -0.05) is 12.2 Å². The number of anilines is 1. The summed E-state index contributed by atoms with van der Waals surface area (Å²) in [4.78, 5) is 4.93. The first-order valence-electron chi connectivity index (χ1n) is 7.14. The Morgan fingerprint density at radius 2 is 2.13 bits per heavy atom. The second kappa shape index (κ2) is 6.29. The molecular weight excluding hydrogens is 314 g/mol. The zero-order chi connectivity index (χ0) is 16.4. The van der Waals surface area contributed by atoms with E-state index in [-0.39, 0.29) is 11.4 Å². The molecule has 0 aliphatic carbocycles. The lowest BCUT2D eigenvalue weighted by Crippen LogP contribution is -2.42. The molecule has 0 radical (unpaired) electrons. The molecule has 1 aromatic heterocycles. The van der Waals surface area contributed by atoms with Crippen LogP contribution in [-0.2, 0) is 4.74 Å². The Morgan fingerprint density at radius 1 is 1.30 bits per heavy atom. The summed E-state index contributed by atoms with van der Waals surface area (Å²) in [5.74, 6) is -0.680. The zero-order valence-corrected chi connectivity index (χ0v) is 12.1. The number of ether oxygens (including phenoxy) is 1. The van der Waals surface area contributed by atoms with Crippen molar-refractivity contribution in [3.63, 3.8) is 0 Å². The number of aromatic nitrogens is 1. The fraction of sp³-hybridized carbons (Fsp3) is 0.400. The van der Waals surface area contributed by atoms with Gasteiger partial charge in [-0.05, 0) is 6.08 Å². The Hall–Kier alpha value is -1.93. The zero-order valence-electron chi connectivity index (χ0n) is 12.1. The highest BCUT2D eigenvalue weighted by molar-refractivity contribution is 5.53. The number of hydrogen-bond acceptors (Lipinski definition) is 4. The molecule has 3 heterocycles. The van der Waals surface area contributed by atoms with E-state index in [2.05, 4.69) is 10.3 Å². The first kappa shape index (κ1) is 15.9. The normalized spacial score (nSPS) is 25.0. The molecule has 3 rings (SSSR count). The molecule has 4 nitrogen and oxygen atoms in total. The van der Waals surface area contributed by atoms with Crippen LogP contribution in [0.1, 0.15) is 11.8 Å². The van der Waals surface area contributed by atoms with Crippen LogP contribution in [0.15, 0.2) is 36.7 Å². The summed E-state index contributed by atoms with van der Waals surface area (Å²) < 4.78 is 59.0. The predicted molar refractivity (Wildman–Crippen MR) is 76.4 cm³/mol. The van der Waals surface area contributed by atoms with E-state index < -0.39 is 24.1 Å². The van der Waals surface area contributed by atoms with E-state index >= 15 is 0 Å². The van der Waals surface area contributed by atoms with Crippen molar-refractivity contribution in [2.45, 2.75) is 18.3 Å². The number of hydrogen-bond donors (Lipinski definition) is 1. The lowest BCUT2D eigenvalue weighted by atomic mass is 10.1. The molecule has 0 bridgehead atoms. The minimum atomic E-state index is -4.47. The molecule has 0 saturated carbocycles. The molecule has 124 valence electrons. The van der Waals surface area contributed by atoms with Gasteiger partial charge in [0.15, 0.2) is 0 Å². The SMILES string of the molecule is Fc1cc(N2C=CC=CC2C(F)(F)F)cnc1C1CNCCO1. The third-order valence-electron chi connectivity index (χ3n) is 3.67. The summed E-state index contributed by atoms with van der Waals surface area (Å²) in [6.45, 7) is 1.53. The van der Waals surface area contributed by atoms with E-state index in [0.717, 1.165) is 17.0 Å². The van der Waals surface area contributed by atoms with Gasteiger partial charge in [-0.2, -0.15) is 13.2 Å². The van der Waals surface area contributed by atoms with E-state index in [1.165, 1.54) is 24.5 Å². The van der Waals surface area contributed by atoms with Crippen molar-refractivity contribution >= 4 is 5.69 Å². The predicted octanol–water partition coefficient (Wildman–Crippen LogP) is 2.70. The second-order valence-corrected chi connectivity index (χ2v) is 5.24. The van der Waals surface area contributed by atoms with Gasteiger partial charge in [-0.3, -0.25) is 4.98 Å². The number of rotatable bonds is 2. The van der Waals surface area contributed by atoms with Crippen molar-refractivity contribution in [3.05, 3.63) is 48.2 Å². The first-order valence-corrected chi connectivity index (χ1v) is 7.14. The molecular formula is C15H15F4N3O. The lowest BCUT2D eigenvalue weighted by Gasteiger charge is -2.32. The topological polar surface area (TPSA) is 37.4 Å². The van der Waals surface area contributed by atoms with Gasteiger partial charge in [0.05, 0.1) is 18.5 Å². The van der Waals surface area contributed by atoms with Crippen molar-refractivity contribution in [3.8, 4) is 0 Å². The molecule has 2 aliphatic heterocycles. The van der Waals surface area contributed by atoms with Crippen LogP contribution in [0.2, 0.25) is 0 Å². The smallest absolute Gasteiger partial charge is 0.369 e. The molecule has 2 unspecified atom stereocenters. The Balaban J connectivity index is 1.87. The molecule has 1 saturated heterocycles. The van der Waals surface area contributed by atoms with Crippen LogP contribution in [0, 0.1) is 5.82 Å². The molecule has 0 aromatic carbocycles. The van der Waals surface area contributed by atoms with Gasteiger partial charge in [0.1, 0.15) is 23.7 Å². The maximum Gasteiger partial charge on any atom is 0.412 e. The average Bonchev–Trinajstić information content (AvgIpc) is 2.55. The highest BCUT2D eigenvalue weighted by Gasteiger charge is 2.42. The Morgan fingerprint density at radius 3 is 2.78 bits per heavy atom. The number of halogens is 4. The van der Waals surface area contributed by atoms with Crippen molar-refractivity contribution in [1.82, 2.24) is 10.3 Å². The van der Waals surface area contributed by atoms with Crippen LogP contribution in [0.3, 0.4) is 0 Å². The van der Waals surface area contributed by atoms with Crippen LogP contribution < -0.4 is 10.2 Å². The third-order valence-corrected chi connectivity index (χ3v) is 3.67. The minimum absolute atomic E-state index is 0.0398. The van der Waals surface area contributed by atoms with Gasteiger partial charge in [-0.25, -0.2) is 4.39 Å². The van der Waals surface area contributed by atoms with Crippen molar-refractivity contribution in [1.29, 1.82) is 0 Å². The van der Waals surface area contributed by atoms with E-state index in [1.807, 2.05) is 0 Å².